The van der Waals surface area contributed by atoms with Crippen LogP contribution in [-0.4, -0.2) is 307 Å². The minimum atomic E-state index is -3.43. The number of hydrogen-bond donors (Lipinski definition) is 6. The third-order valence-corrected chi connectivity index (χ3v) is 29.6. The van der Waals surface area contributed by atoms with Crippen molar-refractivity contribution in [3.8, 4) is 0 Å². The second-order valence-electron chi connectivity index (χ2n) is 36.4. The van der Waals surface area contributed by atoms with E-state index in [2.05, 4.69) is 80.0 Å². The van der Waals surface area contributed by atoms with Gasteiger partial charge < -0.3 is 108 Å². The largest absolute Gasteiger partial charge is 0.464 e. The van der Waals surface area contributed by atoms with E-state index in [9.17, 15) is 54.3 Å². The molecule has 7 aromatic heterocycles. The molecule has 774 valence electrons. The van der Waals surface area contributed by atoms with E-state index >= 15 is 0 Å². The van der Waals surface area contributed by atoms with Gasteiger partial charge in [0, 0.05) is 95.6 Å². The van der Waals surface area contributed by atoms with Gasteiger partial charge in [-0.15, -0.1) is 10.2 Å². The third-order valence-electron chi connectivity index (χ3n) is 23.9. The highest BCUT2D eigenvalue weighted by atomic mass is 35.5. The number of fused-ring (bicyclic) bond motifs is 7. The molecule has 5 aliphatic carbocycles. The first-order valence-electron chi connectivity index (χ1n) is 43.4. The molecule has 0 bridgehead atoms. The maximum atomic E-state index is 12.8. The Kier molecular flexibility index (Phi) is 38.1. The van der Waals surface area contributed by atoms with Crippen molar-refractivity contribution in [3.63, 3.8) is 0 Å². The van der Waals surface area contributed by atoms with Gasteiger partial charge in [0.25, 0.3) is 0 Å². The molecular weight excluding hydrogens is 2120 g/mol. The molecule has 61 heteroatoms. The van der Waals surface area contributed by atoms with Crippen molar-refractivity contribution in [2.24, 2.45) is 47.2 Å². The molecule has 22 atom stereocenters. The van der Waals surface area contributed by atoms with Gasteiger partial charge in [-0.1, -0.05) is 80.0 Å². The van der Waals surface area contributed by atoms with Gasteiger partial charge in [0.1, 0.15) is 24.0 Å². The summed E-state index contributed by atoms with van der Waals surface area (Å²) in [6, 6.07) is -0.515. The fourth-order valence-electron chi connectivity index (χ4n) is 18.3. The van der Waals surface area contributed by atoms with Crippen LogP contribution in [0.3, 0.4) is 0 Å². The summed E-state index contributed by atoms with van der Waals surface area (Å²) in [5.41, 5.74) is 21.6. The monoisotopic (exact) mass is 2220 g/mol. The first-order chi connectivity index (χ1) is 65.4. The molecule has 5 aliphatic heterocycles. The van der Waals surface area contributed by atoms with Crippen LogP contribution in [0.15, 0.2) is 0 Å². The maximum absolute atomic E-state index is 12.8. The van der Waals surface area contributed by atoms with Crippen molar-refractivity contribution in [1.29, 1.82) is 0 Å². The average Bonchev–Trinajstić information content (AvgIpc) is 1.61. The first-order valence-corrected chi connectivity index (χ1v) is 52.3. The summed E-state index contributed by atoms with van der Waals surface area (Å²) in [5.74, 6) is -6.59. The van der Waals surface area contributed by atoms with E-state index in [1.165, 1.54) is 27.1 Å². The summed E-state index contributed by atoms with van der Waals surface area (Å²) < 4.78 is 107. The van der Waals surface area contributed by atoms with Gasteiger partial charge in [-0.3, -0.25) is 24.8 Å². The summed E-state index contributed by atoms with van der Waals surface area (Å²) in [7, 11) is -5.00. The van der Waals surface area contributed by atoms with Gasteiger partial charge in [-0.05, 0) is 191 Å². The first kappa shape index (κ1) is 114. The normalized spacial score (nSPS) is 29.0. The van der Waals surface area contributed by atoms with Gasteiger partial charge in [-0.25, -0.2) is 43.9 Å². The van der Waals surface area contributed by atoms with E-state index in [-0.39, 0.29) is 230 Å². The number of ether oxygens (including phenoxy) is 13. The lowest BCUT2D eigenvalue weighted by atomic mass is 9.97. The third kappa shape index (κ3) is 27.0. The summed E-state index contributed by atoms with van der Waals surface area (Å²) in [6.45, 7) is 26.2. The van der Waals surface area contributed by atoms with Crippen LogP contribution in [0, 0.1) is 61.7 Å². The maximum Gasteiger partial charge on any atom is 0.429 e. The Morgan fingerprint density at radius 3 is 1.21 bits per heavy atom. The van der Waals surface area contributed by atoms with E-state index < -0.39 is 94.4 Å². The lowest BCUT2D eigenvalue weighted by molar-refractivity contribution is -0.386. The Morgan fingerprint density at radius 2 is 0.807 bits per heavy atom. The van der Waals surface area contributed by atoms with Crippen LogP contribution in [0.1, 0.15) is 139 Å². The number of aliphatic hydroxyl groups is 4. The molecule has 48 nitrogen and oxygen atoms in total. The zero-order chi connectivity index (χ0) is 104. The number of hydrogen-bond acceptors (Lipinski definition) is 42. The van der Waals surface area contributed by atoms with Crippen molar-refractivity contribution >= 4 is 199 Å². The molecule has 5 saturated heterocycles. The molecule has 5 saturated carbocycles. The van der Waals surface area contributed by atoms with Crippen LogP contribution in [0.5, 0.6) is 0 Å². The molecular formula is C79H105Cl11N22O26P2. The molecule has 0 amide bonds. The number of rotatable bonds is 22. The van der Waals surface area contributed by atoms with E-state index in [1.54, 1.807) is 37.1 Å². The quantitative estimate of drug-likeness (QED) is 0.00422. The molecule has 140 heavy (non-hydrogen) atoms. The van der Waals surface area contributed by atoms with E-state index in [1.807, 2.05) is 55.4 Å². The predicted molar refractivity (Wildman–Crippen MR) is 505 cm³/mol. The smallest absolute Gasteiger partial charge is 0.429 e. The Balaban J connectivity index is 0.000000161. The minimum Gasteiger partial charge on any atom is -0.464 e. The number of aromatic nitrogens is 16. The van der Waals surface area contributed by atoms with Crippen molar-refractivity contribution < 1.29 is 120 Å². The van der Waals surface area contributed by atoms with Crippen LogP contribution < -0.4 is 11.5 Å². The van der Waals surface area contributed by atoms with Gasteiger partial charge in [0.05, 0.1) is 95.9 Å². The number of nitrogens with two attached hydrogens (primary N) is 2. The Hall–Kier alpha value is -5.91. The van der Waals surface area contributed by atoms with Gasteiger partial charge in [0.15, 0.2) is 73.9 Å². The summed E-state index contributed by atoms with van der Waals surface area (Å²) in [4.78, 5) is 84.7. The highest BCUT2D eigenvalue weighted by Crippen LogP contribution is 2.54. The zero-order valence-corrected chi connectivity index (χ0v) is 88.0. The summed E-state index contributed by atoms with van der Waals surface area (Å²) in [6.07, 6.45) is 2.06. The van der Waals surface area contributed by atoms with Crippen molar-refractivity contribution in [3.05, 3.63) is 94.5 Å². The number of aliphatic hydroxyl groups excluding tert-OH is 4. The molecule has 12 heterocycles. The SMILES string of the molecule is CC1(C)O[C@@H]2[C@@H](CO)C[C@@H](Cc3nc(Cl)nc(Cl)c3N)[C@@H]2O1.CC1(C)O[C@@H]2[C@@H](CO)C[C@@H](Cc3nc(Cl)nc(Cl)c3[N+](=O)[O-])[C@@H]2O1.CC1(C)O[C@@H]2[C@@H](CO)C[C@@H](N)[C@@H]2O1.CC1(C)O[C@@H]2[C@@H](CO)C[C@@H](n3nnc4c(Cl)nc(Cl)nc43)[C@@H]2O1.CCOC(=O)C(=[N+]=[N-])P(C)(C)=O.CCOC(=O)C(OC[C@H]1C[C@@H](n2nnc3c(Cl)nc(Cl)nc32)[C@@H]2OC(C)(C)O[C@H]12)P(C)(=O)OC.O=[N+]([O-])c1c(Cl)nc(Cl)nc1Cl. The zero-order valence-electron chi connectivity index (χ0n) is 77.9. The number of nitrogens with zero attached hydrogens (tertiary/aromatic N) is 20. The summed E-state index contributed by atoms with van der Waals surface area (Å²) >= 11 is 63.6. The fourth-order valence-corrected chi connectivity index (χ4v) is 22.5. The van der Waals surface area contributed by atoms with Crippen LogP contribution in [0.2, 0.25) is 57.3 Å². The fraction of sp³-hybridized carbons (Fsp3) is 0.709. The predicted octanol–water partition coefficient (Wildman–Crippen LogP) is 12.1. The Bertz CT molecular complexity index is 5810. The van der Waals surface area contributed by atoms with Crippen LogP contribution in [0.25, 0.3) is 27.9 Å². The molecule has 0 aromatic carbocycles. The molecule has 17 rings (SSSR count). The van der Waals surface area contributed by atoms with Crippen molar-refractivity contribution in [1.82, 2.24) is 79.8 Å². The van der Waals surface area contributed by atoms with Gasteiger partial charge in [0.2, 0.25) is 55.1 Å². The number of halogens is 11. The highest BCUT2D eigenvalue weighted by Gasteiger charge is 2.60. The average molecular weight is 2230 g/mol. The Labute approximate surface area is 855 Å². The molecule has 10 aliphatic rings. The lowest BCUT2D eigenvalue weighted by Crippen LogP contribution is -2.34. The van der Waals surface area contributed by atoms with Gasteiger partial charge >= 0.3 is 28.8 Å². The molecule has 8 N–H and O–H groups in total. The summed E-state index contributed by atoms with van der Waals surface area (Å²) in [5, 5.41) is 75.1. The highest BCUT2D eigenvalue weighted by molar-refractivity contribution is 7.81. The van der Waals surface area contributed by atoms with E-state index in [0.29, 0.717) is 59.4 Å². The van der Waals surface area contributed by atoms with E-state index in [4.69, 9.17) is 211 Å². The van der Waals surface area contributed by atoms with Crippen molar-refractivity contribution in [2.45, 2.75) is 242 Å². The number of carbonyl (C=O) groups excluding carboxylic acids is 2. The molecule has 2 unspecified atom stereocenters. The van der Waals surface area contributed by atoms with Crippen LogP contribution in [-0.2, 0) is 97.7 Å². The number of nitrogen functional groups attached to an aromatic ring is 1. The molecule has 0 spiro atoms. The number of carbonyl (C=O) groups is 2. The molecule has 0 radical (unpaired) electrons. The van der Waals surface area contributed by atoms with Gasteiger partial charge in [-0.2, -0.15) is 29.7 Å². The topological polar surface area (TPSA) is 643 Å². The Morgan fingerprint density at radius 1 is 0.479 bits per heavy atom. The second kappa shape index (κ2) is 46.7. The lowest BCUT2D eigenvalue weighted by Gasteiger charge is -2.26. The standard InChI is InChI=1S/C19H26Cl2N5O7P.C14H17Cl2N3O5.C14H19Cl2N3O3.C13H15Cl2N5O3.C9H17NO3.C6H11N2O3P.C4Cl3N3O2/c1-6-30-16(27)17(34(5,28)29-4)31-8-9-7-10(13-12(9)32-19(2,3)33-13)26-15-11(24-25-26)14(20)22-18(21)23-15;1-14(2)23-10-6(3-7(5-20)11(10)24-14)4-8-9(19(21)22)12(15)18-13(16)17-8;1-14(2)21-10-6(3-7(5-20)11(10)22-14)4-8-9(17)12(15)19-13(16)18-8;1-13(2)22-8-5(4-21)3-6(9(8)23-13)20-11-7(18-19-20)10(14)16-12(15)17-11;1-9(2)12-7-5(4-11)3-6(10)8(7)13-9;1-4-11-6(9)5(8-7)12(2,3)10;5-2-1(10(11)12)3(6)9-4(7)8-2/h9-10,12-13,17H,6-8H2,1-5H3;6-7,10-11,20H,3-5H2,1-2H3;6-7,10-11,20H,3-5,17H2,1-2H3;5-6,8-9,21H,3-4H2,1-2H3;5-8,11H,3-4,10H2,1-2H3;4H2,1-3H3;/t9-,10-,12-,13+,17?,34?;2*6-,7+,10-,11+;5-,6-,8-,9+;5-,6-,7-,8+;;/m10011../s1. The number of esters is 2. The van der Waals surface area contributed by atoms with Crippen molar-refractivity contribution in [2.75, 3.05) is 79.1 Å². The molecule has 7 aromatic rings. The number of anilines is 1. The minimum absolute atomic E-state index is 0.00363. The molecule has 10 fully saturated rings. The van der Waals surface area contributed by atoms with Crippen LogP contribution >= 0.6 is 142 Å². The second-order valence-corrected chi connectivity index (χ2v) is 46.0. The van der Waals surface area contributed by atoms with Crippen LogP contribution in [0.4, 0.5) is 17.1 Å². The van der Waals surface area contributed by atoms with E-state index in [0.717, 1.165) is 12.8 Å². The number of nitro groups is 2.